The summed E-state index contributed by atoms with van der Waals surface area (Å²) in [4.78, 5) is 69.3. The van der Waals surface area contributed by atoms with Gasteiger partial charge in [-0.1, -0.05) is 51.1 Å². The molecule has 5 rings (SSSR count). The lowest BCUT2D eigenvalue weighted by Crippen LogP contribution is -2.78. The molecule has 0 amide bonds. The molecule has 48 heavy (non-hydrogen) atoms. The van der Waals surface area contributed by atoms with Gasteiger partial charge in [-0.05, 0) is 62.2 Å². The molecular weight excluding hydrogens is 632 g/mol. The van der Waals surface area contributed by atoms with Crippen LogP contribution < -0.4 is 0 Å². The number of rotatable bonds is 10. The van der Waals surface area contributed by atoms with Crippen LogP contribution in [0.15, 0.2) is 53.6 Å². The molecule has 0 spiro atoms. The maximum atomic E-state index is 15.5. The Morgan fingerprint density at radius 3 is 2.10 bits per heavy atom. The Hall–Kier alpha value is -3.41. The molecule has 0 N–H and O–H groups in total. The molecule has 0 unspecified atom stereocenters. The van der Waals surface area contributed by atoms with Gasteiger partial charge in [-0.3, -0.25) is 19.2 Å². The van der Waals surface area contributed by atoms with Crippen molar-refractivity contribution in [2.45, 2.75) is 116 Å². The van der Waals surface area contributed by atoms with E-state index in [1.54, 1.807) is 51.1 Å². The van der Waals surface area contributed by atoms with Crippen LogP contribution in [0.1, 0.15) is 78.6 Å². The lowest BCUT2D eigenvalue weighted by molar-refractivity contribution is -0.330. The molecule has 10 nitrogen and oxygen atoms in total. The fourth-order valence-corrected chi connectivity index (χ4v) is 12.0. The van der Waals surface area contributed by atoms with Crippen molar-refractivity contribution in [1.82, 2.24) is 0 Å². The third-order valence-corrected chi connectivity index (χ3v) is 16.5. The highest BCUT2D eigenvalue weighted by Gasteiger charge is 2.78. The normalized spacial score (nSPS) is 34.2. The van der Waals surface area contributed by atoms with Crippen LogP contribution >= 0.6 is 0 Å². The van der Waals surface area contributed by atoms with E-state index in [4.69, 9.17) is 23.4 Å². The summed E-state index contributed by atoms with van der Waals surface area (Å²) in [7, 11) is -2.43. The Labute approximate surface area is 283 Å². The number of hydrogen-bond acceptors (Lipinski definition) is 10. The molecule has 11 heteroatoms. The van der Waals surface area contributed by atoms with E-state index >= 15 is 4.79 Å². The number of fused-ring (bicyclic) bond motifs is 4. The van der Waals surface area contributed by atoms with Crippen LogP contribution in [0.4, 0.5) is 0 Å². The Morgan fingerprint density at radius 1 is 0.979 bits per heavy atom. The minimum Gasteiger partial charge on any atom is -0.457 e. The summed E-state index contributed by atoms with van der Waals surface area (Å²) in [5, 5.41) is 0. The average molecular weight is 681 g/mol. The molecule has 3 fully saturated rings. The van der Waals surface area contributed by atoms with Crippen molar-refractivity contribution in [2.24, 2.45) is 16.7 Å². The summed E-state index contributed by atoms with van der Waals surface area (Å²) < 4.78 is 32.1. The minimum absolute atomic E-state index is 0.0642. The minimum atomic E-state index is -2.43. The fraction of sp³-hybridized carbons (Fsp3) is 0.595. The quantitative estimate of drug-likeness (QED) is 0.131. The molecule has 1 aliphatic heterocycles. The van der Waals surface area contributed by atoms with E-state index in [9.17, 15) is 19.2 Å². The zero-order valence-electron chi connectivity index (χ0n) is 29.3. The fourth-order valence-electron chi connectivity index (χ4n) is 9.03. The molecular formula is C37H48O10Si. The highest BCUT2D eigenvalue weighted by Crippen LogP contribution is 2.66. The zero-order chi connectivity index (χ0) is 35.4. The number of carbonyl (C=O) groups excluding carboxylic acids is 5. The maximum Gasteiger partial charge on any atom is 0.338 e. The van der Waals surface area contributed by atoms with Crippen molar-refractivity contribution in [3.8, 4) is 0 Å². The summed E-state index contributed by atoms with van der Waals surface area (Å²) in [5.41, 5.74) is -3.24. The van der Waals surface area contributed by atoms with E-state index in [-0.39, 0.29) is 41.9 Å². The summed E-state index contributed by atoms with van der Waals surface area (Å²) in [6, 6.07) is 10.8. The summed E-state index contributed by atoms with van der Waals surface area (Å²) in [5.74, 6) is -3.85. The predicted molar refractivity (Wildman–Crippen MR) is 178 cm³/mol. The van der Waals surface area contributed by atoms with Crippen LogP contribution in [0.5, 0.6) is 0 Å². The van der Waals surface area contributed by atoms with Gasteiger partial charge in [-0.25, -0.2) is 4.79 Å². The van der Waals surface area contributed by atoms with Crippen LogP contribution in [0.3, 0.4) is 0 Å². The standard InChI is InChI=1S/C37H48O10Si/c1-10-48(11-2,12-3)47-27-18-28-37(20-43-28,46-24(8)39)31-33(45-34(42)25-16-14-13-15-17-25)36(21(4)5)19-26(40)22(6)29(36)30(44-23(7)38)32(41)35(27,31)9/h13-17,27-28,30-31,33H,4,10-12,18-20H2,1-3,5-9H3/t27-,28+,30+,31-,33-,35+,36+,37-/m0/s1. The second kappa shape index (κ2) is 12.8. The summed E-state index contributed by atoms with van der Waals surface area (Å²) in [6.07, 6.45) is -4.19. The lowest BCUT2D eigenvalue weighted by Gasteiger charge is -2.64. The topological polar surface area (TPSA) is 132 Å². The second-order valence-corrected chi connectivity index (χ2v) is 18.9. The van der Waals surface area contributed by atoms with E-state index in [1.165, 1.54) is 13.8 Å². The van der Waals surface area contributed by atoms with E-state index < -0.39 is 78.8 Å². The van der Waals surface area contributed by atoms with Crippen LogP contribution in [0.25, 0.3) is 0 Å². The lowest BCUT2D eigenvalue weighted by atomic mass is 9.51. The number of ether oxygens (including phenoxy) is 4. The van der Waals surface area contributed by atoms with Crippen molar-refractivity contribution in [3.63, 3.8) is 0 Å². The Morgan fingerprint density at radius 2 is 1.60 bits per heavy atom. The molecule has 0 radical (unpaired) electrons. The van der Waals surface area contributed by atoms with Crippen LogP contribution in [-0.4, -0.2) is 74.4 Å². The molecule has 1 heterocycles. The number of carbonyl (C=O) groups is 5. The number of esters is 3. The number of allylic oxidation sites excluding steroid dienone is 1. The molecule has 0 bridgehead atoms. The molecule has 260 valence electrons. The number of hydrogen-bond donors (Lipinski definition) is 0. The molecule has 8 atom stereocenters. The summed E-state index contributed by atoms with van der Waals surface area (Å²) >= 11 is 0. The van der Waals surface area contributed by atoms with Gasteiger partial charge in [0, 0.05) is 26.7 Å². The molecule has 0 aromatic heterocycles. The van der Waals surface area contributed by atoms with Crippen molar-refractivity contribution in [1.29, 1.82) is 0 Å². The van der Waals surface area contributed by atoms with Crippen molar-refractivity contribution < 1.29 is 47.3 Å². The van der Waals surface area contributed by atoms with E-state index in [0.717, 1.165) is 18.1 Å². The van der Waals surface area contributed by atoms with Crippen molar-refractivity contribution in [3.05, 3.63) is 59.2 Å². The Balaban J connectivity index is 1.89. The van der Waals surface area contributed by atoms with Crippen LogP contribution in [0.2, 0.25) is 18.1 Å². The highest BCUT2D eigenvalue weighted by atomic mass is 28.4. The van der Waals surface area contributed by atoms with Crippen LogP contribution in [0, 0.1) is 16.7 Å². The monoisotopic (exact) mass is 680 g/mol. The Bertz CT molecular complexity index is 1550. The van der Waals surface area contributed by atoms with Crippen molar-refractivity contribution in [2.75, 3.05) is 6.61 Å². The summed E-state index contributed by atoms with van der Waals surface area (Å²) in [6.45, 7) is 18.1. The number of Topliss-reactive ketones (excluding diaryl/α,β-unsaturated/α-hetero) is 2. The number of benzene rings is 1. The van der Waals surface area contributed by atoms with Crippen molar-refractivity contribution >= 4 is 37.8 Å². The van der Waals surface area contributed by atoms with Gasteiger partial charge < -0.3 is 23.4 Å². The van der Waals surface area contributed by atoms with Gasteiger partial charge in [0.05, 0.1) is 35.0 Å². The maximum absolute atomic E-state index is 15.5. The SMILES string of the molecule is C=C(C)[C@]12CC(=O)C(C)=C1[C@@H](OC(C)=O)C(=O)[C@]1(C)[C@@H](O[Si](CC)(CC)CC)C[C@H]3OC[C@@]3(OC(C)=O)[C@H]1[C@@H]2OC(=O)c1ccccc1. The molecule has 1 aromatic carbocycles. The molecule has 2 saturated carbocycles. The molecule has 1 aromatic rings. The van der Waals surface area contributed by atoms with Gasteiger partial charge in [0.25, 0.3) is 0 Å². The zero-order valence-corrected chi connectivity index (χ0v) is 30.3. The predicted octanol–water partition coefficient (Wildman–Crippen LogP) is 5.70. The van der Waals surface area contributed by atoms with Gasteiger partial charge >= 0.3 is 17.9 Å². The van der Waals surface area contributed by atoms with Gasteiger partial charge in [0.15, 0.2) is 31.6 Å². The van der Waals surface area contributed by atoms with E-state index in [1.807, 2.05) is 0 Å². The second-order valence-electron chi connectivity index (χ2n) is 14.1. The van der Waals surface area contributed by atoms with E-state index in [2.05, 4.69) is 27.4 Å². The molecule has 4 aliphatic rings. The van der Waals surface area contributed by atoms with Gasteiger partial charge in [0.1, 0.15) is 12.2 Å². The first-order valence-corrected chi connectivity index (χ1v) is 19.5. The van der Waals surface area contributed by atoms with Gasteiger partial charge in [0.2, 0.25) is 0 Å². The Kier molecular flexibility index (Phi) is 9.57. The first kappa shape index (κ1) is 35.9. The van der Waals surface area contributed by atoms with Crippen LogP contribution in [-0.2, 0) is 42.6 Å². The third-order valence-electron chi connectivity index (χ3n) is 11.8. The third kappa shape index (κ3) is 5.24. The van der Waals surface area contributed by atoms with Gasteiger partial charge in [-0.15, -0.1) is 0 Å². The smallest absolute Gasteiger partial charge is 0.338 e. The highest BCUT2D eigenvalue weighted by molar-refractivity contribution is 6.73. The first-order chi connectivity index (χ1) is 22.6. The number of ketones is 2. The average Bonchev–Trinajstić information content (AvgIpc) is 3.28. The largest absolute Gasteiger partial charge is 0.457 e. The molecule has 3 aliphatic carbocycles. The van der Waals surface area contributed by atoms with E-state index in [0.29, 0.717) is 5.57 Å². The van der Waals surface area contributed by atoms with Gasteiger partial charge in [-0.2, -0.15) is 0 Å². The molecule has 1 saturated heterocycles. The first-order valence-electron chi connectivity index (χ1n) is 17.0.